The summed E-state index contributed by atoms with van der Waals surface area (Å²) in [4.78, 5) is 0. The Morgan fingerprint density at radius 2 is 2.06 bits per heavy atom. The largest absolute Gasteiger partial charge is 0.407 e. The minimum absolute atomic E-state index is 0.466. The standard InChI is InChI=1S/C13H24N4O/c1-3-11(10-7-5-4-6-8-10)15-13-17-16-12(18-13)9-14-2/h10-11,14H,3-9H2,1-2H3,(H,15,17). The molecule has 1 heterocycles. The Bertz CT molecular complexity index is 347. The molecule has 0 bridgehead atoms. The van der Waals surface area contributed by atoms with Crippen LogP contribution in [0.1, 0.15) is 51.3 Å². The van der Waals surface area contributed by atoms with Crippen LogP contribution in [0.25, 0.3) is 0 Å². The van der Waals surface area contributed by atoms with Gasteiger partial charge in [0.05, 0.1) is 6.54 Å². The third-order valence-electron chi connectivity index (χ3n) is 3.76. The molecule has 102 valence electrons. The smallest absolute Gasteiger partial charge is 0.315 e. The normalized spacial score (nSPS) is 18.8. The first-order valence-electron chi connectivity index (χ1n) is 7.07. The Morgan fingerprint density at radius 3 is 2.72 bits per heavy atom. The van der Waals surface area contributed by atoms with Gasteiger partial charge < -0.3 is 15.1 Å². The molecule has 1 atom stereocenters. The van der Waals surface area contributed by atoms with Crippen molar-refractivity contribution in [2.45, 2.75) is 58.0 Å². The zero-order chi connectivity index (χ0) is 12.8. The molecule has 2 rings (SSSR count). The maximum atomic E-state index is 5.55. The first-order chi connectivity index (χ1) is 8.83. The van der Waals surface area contributed by atoms with Crippen LogP contribution in [0.2, 0.25) is 0 Å². The Balaban J connectivity index is 1.91. The Kier molecular flexibility index (Phi) is 4.99. The summed E-state index contributed by atoms with van der Waals surface area (Å²) in [6, 6.07) is 1.03. The van der Waals surface area contributed by atoms with Crippen molar-refractivity contribution in [1.29, 1.82) is 0 Å². The van der Waals surface area contributed by atoms with Gasteiger partial charge in [-0.1, -0.05) is 31.3 Å². The van der Waals surface area contributed by atoms with Gasteiger partial charge in [-0.05, 0) is 32.2 Å². The van der Waals surface area contributed by atoms with E-state index in [0.717, 1.165) is 12.3 Å². The summed E-state index contributed by atoms with van der Waals surface area (Å²) >= 11 is 0. The predicted molar refractivity (Wildman–Crippen MR) is 71.3 cm³/mol. The molecule has 0 spiro atoms. The topological polar surface area (TPSA) is 63.0 Å². The average Bonchev–Trinajstić information content (AvgIpc) is 2.85. The summed E-state index contributed by atoms with van der Waals surface area (Å²) in [6.45, 7) is 2.84. The van der Waals surface area contributed by atoms with Crippen molar-refractivity contribution in [3.8, 4) is 0 Å². The molecule has 18 heavy (non-hydrogen) atoms. The van der Waals surface area contributed by atoms with Gasteiger partial charge in [0.1, 0.15) is 0 Å². The molecule has 1 aromatic rings. The second-order valence-corrected chi connectivity index (χ2v) is 5.09. The fourth-order valence-corrected chi connectivity index (χ4v) is 2.78. The first kappa shape index (κ1) is 13.3. The monoisotopic (exact) mass is 252 g/mol. The van der Waals surface area contributed by atoms with E-state index in [-0.39, 0.29) is 0 Å². The molecule has 1 saturated carbocycles. The lowest BCUT2D eigenvalue weighted by Gasteiger charge is -2.29. The maximum Gasteiger partial charge on any atom is 0.315 e. The highest BCUT2D eigenvalue weighted by molar-refractivity contribution is 5.20. The number of anilines is 1. The zero-order valence-electron chi connectivity index (χ0n) is 11.4. The highest BCUT2D eigenvalue weighted by Crippen LogP contribution is 2.29. The maximum absolute atomic E-state index is 5.55. The van der Waals surface area contributed by atoms with Gasteiger partial charge in [0.15, 0.2) is 0 Å². The van der Waals surface area contributed by atoms with Crippen molar-refractivity contribution < 1.29 is 4.42 Å². The highest BCUT2D eigenvalue weighted by atomic mass is 16.4. The summed E-state index contributed by atoms with van der Waals surface area (Å²) in [5.41, 5.74) is 0. The number of rotatable bonds is 6. The van der Waals surface area contributed by atoms with Crippen molar-refractivity contribution in [3.05, 3.63) is 5.89 Å². The van der Waals surface area contributed by atoms with E-state index in [0.29, 0.717) is 24.5 Å². The zero-order valence-corrected chi connectivity index (χ0v) is 11.4. The van der Waals surface area contributed by atoms with Crippen molar-refractivity contribution >= 4 is 6.01 Å². The molecule has 1 aromatic heterocycles. The second-order valence-electron chi connectivity index (χ2n) is 5.09. The molecule has 0 saturated heterocycles. The Morgan fingerprint density at radius 1 is 1.28 bits per heavy atom. The molecule has 0 aromatic carbocycles. The van der Waals surface area contributed by atoms with Gasteiger partial charge in [-0.15, -0.1) is 5.10 Å². The summed E-state index contributed by atoms with van der Waals surface area (Å²) in [6.07, 6.45) is 7.86. The van der Waals surface area contributed by atoms with Crippen LogP contribution in [-0.2, 0) is 6.54 Å². The molecular formula is C13H24N4O. The average molecular weight is 252 g/mol. The number of nitrogens with one attached hydrogen (secondary N) is 2. The first-order valence-corrected chi connectivity index (χ1v) is 7.07. The van der Waals surface area contributed by atoms with Crippen molar-refractivity contribution in [2.24, 2.45) is 5.92 Å². The Labute approximate surface area is 109 Å². The van der Waals surface area contributed by atoms with Crippen LogP contribution in [0.5, 0.6) is 0 Å². The van der Waals surface area contributed by atoms with E-state index in [9.17, 15) is 0 Å². The summed E-state index contributed by atoms with van der Waals surface area (Å²) in [5, 5.41) is 14.5. The summed E-state index contributed by atoms with van der Waals surface area (Å²) in [5.74, 6) is 1.39. The fourth-order valence-electron chi connectivity index (χ4n) is 2.78. The molecule has 2 N–H and O–H groups in total. The van der Waals surface area contributed by atoms with E-state index in [1.807, 2.05) is 7.05 Å². The van der Waals surface area contributed by atoms with Crippen molar-refractivity contribution in [2.75, 3.05) is 12.4 Å². The van der Waals surface area contributed by atoms with E-state index < -0.39 is 0 Å². The van der Waals surface area contributed by atoms with Crippen LogP contribution in [-0.4, -0.2) is 23.3 Å². The van der Waals surface area contributed by atoms with Crippen LogP contribution >= 0.6 is 0 Å². The molecule has 0 radical (unpaired) electrons. The molecular weight excluding hydrogens is 228 g/mol. The fraction of sp³-hybridized carbons (Fsp3) is 0.846. The molecule has 5 nitrogen and oxygen atoms in total. The van der Waals surface area contributed by atoms with Crippen LogP contribution < -0.4 is 10.6 Å². The van der Waals surface area contributed by atoms with E-state index >= 15 is 0 Å². The Hall–Kier alpha value is -1.10. The molecule has 1 aliphatic carbocycles. The minimum atomic E-state index is 0.466. The number of aromatic nitrogens is 2. The van der Waals surface area contributed by atoms with Gasteiger partial charge in [-0.3, -0.25) is 0 Å². The molecule has 0 amide bonds. The van der Waals surface area contributed by atoms with Gasteiger partial charge in [-0.2, -0.15) is 0 Å². The van der Waals surface area contributed by atoms with Gasteiger partial charge in [-0.25, -0.2) is 0 Å². The second kappa shape index (κ2) is 6.73. The van der Waals surface area contributed by atoms with Gasteiger partial charge in [0.25, 0.3) is 0 Å². The van der Waals surface area contributed by atoms with E-state index in [4.69, 9.17) is 4.42 Å². The number of hydrogen-bond acceptors (Lipinski definition) is 5. The molecule has 5 heteroatoms. The lowest BCUT2D eigenvalue weighted by Crippen LogP contribution is -2.30. The third-order valence-corrected chi connectivity index (χ3v) is 3.76. The molecule has 1 unspecified atom stereocenters. The van der Waals surface area contributed by atoms with E-state index in [1.54, 1.807) is 0 Å². The predicted octanol–water partition coefficient (Wildman–Crippen LogP) is 2.56. The van der Waals surface area contributed by atoms with E-state index in [2.05, 4.69) is 27.8 Å². The quantitative estimate of drug-likeness (QED) is 0.814. The SMILES string of the molecule is CCC(Nc1nnc(CNC)o1)C1CCCCC1. The lowest BCUT2D eigenvalue weighted by molar-refractivity contribution is 0.308. The lowest BCUT2D eigenvalue weighted by atomic mass is 9.83. The van der Waals surface area contributed by atoms with Gasteiger partial charge in [0.2, 0.25) is 5.89 Å². The van der Waals surface area contributed by atoms with Gasteiger partial charge in [0, 0.05) is 6.04 Å². The molecule has 1 fully saturated rings. The van der Waals surface area contributed by atoms with Crippen molar-refractivity contribution in [3.63, 3.8) is 0 Å². The van der Waals surface area contributed by atoms with Gasteiger partial charge >= 0.3 is 6.01 Å². The number of nitrogens with zero attached hydrogens (tertiary/aromatic N) is 2. The summed E-state index contributed by atoms with van der Waals surface area (Å²) < 4.78 is 5.55. The minimum Gasteiger partial charge on any atom is -0.407 e. The van der Waals surface area contributed by atoms with Crippen LogP contribution in [0, 0.1) is 5.92 Å². The van der Waals surface area contributed by atoms with Crippen LogP contribution in [0.4, 0.5) is 6.01 Å². The van der Waals surface area contributed by atoms with E-state index in [1.165, 1.54) is 32.1 Å². The molecule has 1 aliphatic rings. The van der Waals surface area contributed by atoms with Crippen LogP contribution in [0.15, 0.2) is 4.42 Å². The highest BCUT2D eigenvalue weighted by Gasteiger charge is 2.23. The summed E-state index contributed by atoms with van der Waals surface area (Å²) in [7, 11) is 1.87. The molecule has 0 aliphatic heterocycles. The van der Waals surface area contributed by atoms with Crippen molar-refractivity contribution in [1.82, 2.24) is 15.5 Å². The van der Waals surface area contributed by atoms with Crippen LogP contribution in [0.3, 0.4) is 0 Å². The third kappa shape index (κ3) is 3.45. The number of hydrogen-bond donors (Lipinski definition) is 2.